The predicted octanol–water partition coefficient (Wildman–Crippen LogP) is 4.71. The van der Waals surface area contributed by atoms with Gasteiger partial charge in [0, 0.05) is 5.56 Å². The maximum absolute atomic E-state index is 12.4. The molecule has 0 unspecified atom stereocenters. The van der Waals surface area contributed by atoms with E-state index in [1.165, 1.54) is 11.3 Å². The van der Waals surface area contributed by atoms with Crippen molar-refractivity contribution in [1.82, 2.24) is 5.43 Å². The van der Waals surface area contributed by atoms with Crippen LogP contribution in [0.5, 0.6) is 0 Å². The standard InChI is InChI=1S/C17H13ClN2OS/c1-11(15-9-10-16(18)22-15)19-20-17(21)14-8-4-6-12-5-2-3-7-13(12)14/h2-10H,1H3,(H,20,21)/b19-11-. The summed E-state index contributed by atoms with van der Waals surface area (Å²) in [5, 5.41) is 6.10. The number of hydrazone groups is 1. The number of thiophene rings is 1. The van der Waals surface area contributed by atoms with E-state index in [0.29, 0.717) is 9.90 Å². The average Bonchev–Trinajstić information content (AvgIpc) is 2.98. The molecule has 1 heterocycles. The van der Waals surface area contributed by atoms with Crippen LogP contribution in [0, 0.1) is 0 Å². The van der Waals surface area contributed by atoms with Gasteiger partial charge in [0.2, 0.25) is 0 Å². The maximum atomic E-state index is 12.4. The molecule has 5 heteroatoms. The molecule has 2 aromatic carbocycles. The number of halogens is 1. The van der Waals surface area contributed by atoms with E-state index in [2.05, 4.69) is 10.5 Å². The summed E-state index contributed by atoms with van der Waals surface area (Å²) in [5.74, 6) is -0.223. The summed E-state index contributed by atoms with van der Waals surface area (Å²) in [5.41, 5.74) is 3.95. The molecular weight excluding hydrogens is 316 g/mol. The first-order chi connectivity index (χ1) is 10.6. The van der Waals surface area contributed by atoms with Crippen LogP contribution in [-0.4, -0.2) is 11.6 Å². The zero-order valence-electron chi connectivity index (χ0n) is 11.8. The summed E-state index contributed by atoms with van der Waals surface area (Å²) in [4.78, 5) is 13.3. The fraction of sp³-hybridized carbons (Fsp3) is 0.0588. The van der Waals surface area contributed by atoms with Crippen LogP contribution in [0.1, 0.15) is 22.2 Å². The number of carbonyl (C=O) groups excluding carboxylic acids is 1. The van der Waals surface area contributed by atoms with Crippen molar-refractivity contribution in [3.63, 3.8) is 0 Å². The molecule has 0 fully saturated rings. The molecule has 0 aliphatic carbocycles. The van der Waals surface area contributed by atoms with Crippen LogP contribution < -0.4 is 5.43 Å². The van der Waals surface area contributed by atoms with Gasteiger partial charge in [-0.3, -0.25) is 4.79 Å². The molecule has 1 amide bonds. The fourth-order valence-corrected chi connectivity index (χ4v) is 3.17. The highest BCUT2D eigenvalue weighted by Crippen LogP contribution is 2.22. The molecule has 3 aromatic rings. The molecule has 0 bridgehead atoms. The van der Waals surface area contributed by atoms with Gasteiger partial charge in [0.25, 0.3) is 5.91 Å². The number of amides is 1. The number of fused-ring (bicyclic) bond motifs is 1. The molecule has 0 aliphatic rings. The molecule has 0 saturated carbocycles. The second kappa shape index (κ2) is 6.30. The first kappa shape index (κ1) is 14.8. The zero-order valence-corrected chi connectivity index (χ0v) is 13.4. The van der Waals surface area contributed by atoms with E-state index in [0.717, 1.165) is 21.4 Å². The molecule has 3 rings (SSSR count). The Morgan fingerprint density at radius 2 is 1.86 bits per heavy atom. The molecule has 110 valence electrons. The lowest BCUT2D eigenvalue weighted by Crippen LogP contribution is -2.19. The van der Waals surface area contributed by atoms with Crippen molar-refractivity contribution in [1.29, 1.82) is 0 Å². The third-order valence-electron chi connectivity index (χ3n) is 3.29. The topological polar surface area (TPSA) is 41.5 Å². The van der Waals surface area contributed by atoms with Gasteiger partial charge < -0.3 is 0 Å². The van der Waals surface area contributed by atoms with E-state index in [-0.39, 0.29) is 5.91 Å². The number of nitrogens with zero attached hydrogens (tertiary/aromatic N) is 1. The summed E-state index contributed by atoms with van der Waals surface area (Å²) in [7, 11) is 0. The molecule has 22 heavy (non-hydrogen) atoms. The Balaban J connectivity index is 1.85. The Labute approximate surface area is 137 Å². The van der Waals surface area contributed by atoms with Gasteiger partial charge in [0.15, 0.2) is 0 Å². The second-order valence-corrected chi connectivity index (χ2v) is 6.48. The van der Waals surface area contributed by atoms with Gasteiger partial charge in [-0.25, -0.2) is 5.43 Å². The Morgan fingerprint density at radius 1 is 1.09 bits per heavy atom. The van der Waals surface area contributed by atoms with Crippen molar-refractivity contribution in [2.24, 2.45) is 5.10 Å². The highest BCUT2D eigenvalue weighted by molar-refractivity contribution is 7.18. The van der Waals surface area contributed by atoms with Gasteiger partial charge in [-0.1, -0.05) is 48.0 Å². The number of benzene rings is 2. The SMILES string of the molecule is C/C(=N/NC(=O)c1cccc2ccccc12)c1ccc(Cl)s1. The van der Waals surface area contributed by atoms with E-state index in [9.17, 15) is 4.79 Å². The summed E-state index contributed by atoms with van der Waals surface area (Å²) in [6, 6.07) is 17.1. The summed E-state index contributed by atoms with van der Waals surface area (Å²) >= 11 is 7.33. The van der Waals surface area contributed by atoms with Crippen LogP contribution in [-0.2, 0) is 0 Å². The van der Waals surface area contributed by atoms with Gasteiger partial charge in [0.05, 0.1) is 14.9 Å². The van der Waals surface area contributed by atoms with Gasteiger partial charge in [-0.2, -0.15) is 5.10 Å². The molecule has 0 saturated heterocycles. The number of carbonyl (C=O) groups is 1. The highest BCUT2D eigenvalue weighted by atomic mass is 35.5. The van der Waals surface area contributed by atoms with Gasteiger partial charge in [0.1, 0.15) is 0 Å². The quantitative estimate of drug-likeness (QED) is 0.549. The predicted molar refractivity (Wildman–Crippen MR) is 93.0 cm³/mol. The van der Waals surface area contributed by atoms with Crippen molar-refractivity contribution in [2.45, 2.75) is 6.92 Å². The normalized spacial score (nSPS) is 11.6. The minimum Gasteiger partial charge on any atom is -0.267 e. The number of rotatable bonds is 3. The van der Waals surface area contributed by atoms with Gasteiger partial charge in [-0.05, 0) is 35.9 Å². The lowest BCUT2D eigenvalue weighted by Gasteiger charge is -2.05. The van der Waals surface area contributed by atoms with E-state index < -0.39 is 0 Å². The molecule has 0 atom stereocenters. The summed E-state index contributed by atoms with van der Waals surface area (Å²) < 4.78 is 0.699. The van der Waals surface area contributed by atoms with E-state index in [1.807, 2.05) is 55.5 Å². The van der Waals surface area contributed by atoms with Crippen LogP contribution in [0.25, 0.3) is 10.8 Å². The molecule has 0 aliphatic heterocycles. The third kappa shape index (κ3) is 3.03. The number of nitrogens with one attached hydrogen (secondary N) is 1. The summed E-state index contributed by atoms with van der Waals surface area (Å²) in [6.45, 7) is 1.84. The lowest BCUT2D eigenvalue weighted by molar-refractivity contribution is 0.0956. The van der Waals surface area contributed by atoms with Crippen LogP contribution in [0.3, 0.4) is 0 Å². The molecular formula is C17H13ClN2OS. The monoisotopic (exact) mass is 328 g/mol. The van der Waals surface area contributed by atoms with Crippen LogP contribution in [0.2, 0.25) is 4.34 Å². The Bertz CT molecular complexity index is 864. The van der Waals surface area contributed by atoms with Gasteiger partial charge >= 0.3 is 0 Å². The van der Waals surface area contributed by atoms with Crippen molar-refractivity contribution in [3.8, 4) is 0 Å². The Kier molecular flexibility index (Phi) is 4.22. The fourth-order valence-electron chi connectivity index (χ4n) is 2.18. The molecule has 1 N–H and O–H groups in total. The third-order valence-corrected chi connectivity index (χ3v) is 4.63. The first-order valence-electron chi connectivity index (χ1n) is 6.73. The highest BCUT2D eigenvalue weighted by Gasteiger charge is 2.09. The molecule has 1 aromatic heterocycles. The molecule has 0 radical (unpaired) electrons. The maximum Gasteiger partial charge on any atom is 0.272 e. The average molecular weight is 329 g/mol. The van der Waals surface area contributed by atoms with E-state index in [4.69, 9.17) is 11.6 Å². The minimum absolute atomic E-state index is 0.223. The Hall–Kier alpha value is -2.17. The number of hydrogen-bond donors (Lipinski definition) is 1. The smallest absolute Gasteiger partial charge is 0.267 e. The zero-order chi connectivity index (χ0) is 15.5. The van der Waals surface area contributed by atoms with Crippen LogP contribution in [0.4, 0.5) is 0 Å². The Morgan fingerprint density at radius 3 is 2.64 bits per heavy atom. The minimum atomic E-state index is -0.223. The largest absolute Gasteiger partial charge is 0.272 e. The molecule has 0 spiro atoms. The first-order valence-corrected chi connectivity index (χ1v) is 7.93. The summed E-state index contributed by atoms with van der Waals surface area (Å²) in [6.07, 6.45) is 0. The van der Waals surface area contributed by atoms with Crippen molar-refractivity contribution >= 4 is 45.3 Å². The molecule has 3 nitrogen and oxygen atoms in total. The van der Waals surface area contributed by atoms with Crippen LogP contribution >= 0.6 is 22.9 Å². The van der Waals surface area contributed by atoms with Crippen molar-refractivity contribution < 1.29 is 4.79 Å². The van der Waals surface area contributed by atoms with Crippen molar-refractivity contribution in [2.75, 3.05) is 0 Å². The van der Waals surface area contributed by atoms with E-state index in [1.54, 1.807) is 6.07 Å². The lowest BCUT2D eigenvalue weighted by atomic mass is 10.0. The van der Waals surface area contributed by atoms with Crippen LogP contribution in [0.15, 0.2) is 59.7 Å². The van der Waals surface area contributed by atoms with Crippen molar-refractivity contribution in [3.05, 3.63) is 69.4 Å². The second-order valence-electron chi connectivity index (χ2n) is 4.77. The number of hydrogen-bond acceptors (Lipinski definition) is 3. The van der Waals surface area contributed by atoms with E-state index >= 15 is 0 Å². The van der Waals surface area contributed by atoms with Gasteiger partial charge in [-0.15, -0.1) is 11.3 Å².